The smallest absolute Gasteiger partial charge is 0.407 e. The largest absolute Gasteiger partial charge is 0.480 e. The van der Waals surface area contributed by atoms with Crippen LogP contribution in [0.4, 0.5) is 4.79 Å². The molecule has 0 bridgehead atoms. The lowest BCUT2D eigenvalue weighted by atomic mass is 9.73. The molecule has 184 valence electrons. The summed E-state index contributed by atoms with van der Waals surface area (Å²) >= 11 is 0. The number of ether oxygens (including phenoxy) is 2. The number of carbonyl (C=O) groups is 3. The fraction of sp³-hybridized carbons (Fsp3) is 0.444. The van der Waals surface area contributed by atoms with Gasteiger partial charge in [-0.3, -0.25) is 4.79 Å². The van der Waals surface area contributed by atoms with E-state index < -0.39 is 12.1 Å². The van der Waals surface area contributed by atoms with Crippen LogP contribution in [0.2, 0.25) is 0 Å². The molecule has 0 spiro atoms. The summed E-state index contributed by atoms with van der Waals surface area (Å²) in [4.78, 5) is 36.9. The number of nitrogens with zero attached hydrogens (tertiary/aromatic N) is 1. The first kappa shape index (κ1) is 23.4. The van der Waals surface area contributed by atoms with E-state index in [9.17, 15) is 14.4 Å². The zero-order valence-corrected chi connectivity index (χ0v) is 19.5. The van der Waals surface area contributed by atoms with Crippen molar-refractivity contribution in [2.24, 2.45) is 11.8 Å². The Bertz CT molecular complexity index is 1060. The summed E-state index contributed by atoms with van der Waals surface area (Å²) in [7, 11) is 0. The van der Waals surface area contributed by atoms with Crippen molar-refractivity contribution in [1.82, 2.24) is 10.2 Å². The Hall–Kier alpha value is -3.39. The van der Waals surface area contributed by atoms with Gasteiger partial charge in [-0.2, -0.15) is 0 Å². The molecule has 3 aliphatic rings. The molecule has 1 heterocycles. The molecule has 2 amide bonds. The molecule has 2 aromatic rings. The second kappa shape index (κ2) is 10.1. The van der Waals surface area contributed by atoms with Gasteiger partial charge in [-0.05, 0) is 46.9 Å². The molecule has 1 saturated heterocycles. The van der Waals surface area contributed by atoms with Crippen molar-refractivity contribution in [3.05, 3.63) is 59.7 Å². The Morgan fingerprint density at radius 3 is 2.20 bits per heavy atom. The van der Waals surface area contributed by atoms with Gasteiger partial charge in [0.25, 0.3) is 0 Å². The van der Waals surface area contributed by atoms with Crippen molar-refractivity contribution in [2.75, 3.05) is 32.8 Å². The molecule has 8 nitrogen and oxygen atoms in total. The first-order valence-corrected chi connectivity index (χ1v) is 12.2. The van der Waals surface area contributed by atoms with Crippen molar-refractivity contribution in [3.63, 3.8) is 0 Å². The van der Waals surface area contributed by atoms with Crippen LogP contribution in [0.15, 0.2) is 48.5 Å². The standard InChI is InChI=1S/C27H30N2O6/c30-25(29-13-19(14-29)34-16-26(31)32)11-17-9-18(10-17)12-28-27(33)35-15-24-22-7-3-1-5-20(22)21-6-2-4-8-23(21)24/h1-8,17-19,24H,9-16H2,(H,28,33)(H,31,32). The van der Waals surface area contributed by atoms with Gasteiger partial charge in [-0.15, -0.1) is 0 Å². The minimum absolute atomic E-state index is 0.0443. The zero-order valence-electron chi connectivity index (χ0n) is 19.5. The summed E-state index contributed by atoms with van der Waals surface area (Å²) in [6.07, 6.45) is 1.72. The lowest BCUT2D eigenvalue weighted by molar-refractivity contribution is -0.155. The van der Waals surface area contributed by atoms with Gasteiger partial charge in [0.05, 0.1) is 6.10 Å². The average molecular weight is 479 g/mol. The van der Waals surface area contributed by atoms with E-state index in [0.29, 0.717) is 44.5 Å². The van der Waals surface area contributed by atoms with Gasteiger partial charge < -0.3 is 24.8 Å². The Morgan fingerprint density at radius 2 is 1.57 bits per heavy atom. The number of likely N-dealkylation sites (tertiary alicyclic amines) is 1. The maximum absolute atomic E-state index is 12.3. The number of hydrogen-bond donors (Lipinski definition) is 2. The molecule has 2 N–H and O–H groups in total. The maximum atomic E-state index is 12.3. The fourth-order valence-corrected chi connectivity index (χ4v) is 5.40. The van der Waals surface area contributed by atoms with Crippen molar-refractivity contribution in [3.8, 4) is 11.1 Å². The number of alkyl carbamates (subject to hydrolysis) is 1. The molecule has 0 unspecified atom stereocenters. The Morgan fingerprint density at radius 1 is 0.943 bits per heavy atom. The maximum Gasteiger partial charge on any atom is 0.407 e. The topological polar surface area (TPSA) is 105 Å². The lowest BCUT2D eigenvalue weighted by Crippen LogP contribution is -2.55. The number of aliphatic carboxylic acids is 1. The molecule has 8 heteroatoms. The Labute approximate surface area is 204 Å². The number of rotatable bonds is 9. The highest BCUT2D eigenvalue weighted by molar-refractivity contribution is 5.79. The second-order valence-electron chi connectivity index (χ2n) is 9.74. The summed E-state index contributed by atoms with van der Waals surface area (Å²) in [6.45, 7) is 1.45. The van der Waals surface area contributed by atoms with Crippen LogP contribution >= 0.6 is 0 Å². The number of carbonyl (C=O) groups excluding carboxylic acids is 2. The molecule has 2 aliphatic carbocycles. The molecule has 1 aliphatic heterocycles. The van der Waals surface area contributed by atoms with E-state index >= 15 is 0 Å². The summed E-state index contributed by atoms with van der Waals surface area (Å²) in [5.41, 5.74) is 4.78. The van der Waals surface area contributed by atoms with Gasteiger partial charge in [0.1, 0.15) is 13.2 Å². The summed E-state index contributed by atoms with van der Waals surface area (Å²) in [5.74, 6) is -0.176. The van der Waals surface area contributed by atoms with E-state index in [1.165, 1.54) is 22.3 Å². The van der Waals surface area contributed by atoms with Crippen molar-refractivity contribution >= 4 is 18.0 Å². The molecular formula is C27H30N2O6. The molecule has 0 atom stereocenters. The number of nitrogens with one attached hydrogen (secondary N) is 1. The van der Waals surface area contributed by atoms with Gasteiger partial charge >= 0.3 is 12.1 Å². The van der Waals surface area contributed by atoms with Crippen molar-refractivity contribution < 1.29 is 29.0 Å². The third kappa shape index (κ3) is 5.17. The first-order valence-electron chi connectivity index (χ1n) is 12.2. The number of carboxylic acids is 1. The van der Waals surface area contributed by atoms with Crippen LogP contribution in [0, 0.1) is 11.8 Å². The van der Waals surface area contributed by atoms with Crippen LogP contribution in [0.1, 0.15) is 36.3 Å². The van der Waals surface area contributed by atoms with Crippen LogP contribution in [0.25, 0.3) is 11.1 Å². The van der Waals surface area contributed by atoms with E-state index in [1.54, 1.807) is 4.90 Å². The molecule has 0 radical (unpaired) electrons. The molecule has 0 aromatic heterocycles. The van der Waals surface area contributed by atoms with E-state index in [-0.39, 0.29) is 24.5 Å². The fourth-order valence-electron chi connectivity index (χ4n) is 5.40. The minimum atomic E-state index is -0.998. The predicted octanol–water partition coefficient (Wildman–Crippen LogP) is 3.25. The summed E-state index contributed by atoms with van der Waals surface area (Å²) in [6, 6.07) is 16.5. The van der Waals surface area contributed by atoms with Crippen molar-refractivity contribution in [2.45, 2.75) is 31.3 Å². The van der Waals surface area contributed by atoms with Gasteiger partial charge in [-0.25, -0.2) is 9.59 Å². The second-order valence-corrected chi connectivity index (χ2v) is 9.74. The predicted molar refractivity (Wildman–Crippen MR) is 128 cm³/mol. The number of hydrogen-bond acceptors (Lipinski definition) is 5. The monoisotopic (exact) mass is 478 g/mol. The summed E-state index contributed by atoms with van der Waals surface area (Å²) < 4.78 is 10.8. The van der Waals surface area contributed by atoms with Crippen LogP contribution < -0.4 is 5.32 Å². The van der Waals surface area contributed by atoms with E-state index in [1.807, 2.05) is 24.3 Å². The number of carboxylic acid groups (broad SMARTS) is 1. The molecular weight excluding hydrogens is 448 g/mol. The van der Waals surface area contributed by atoms with Crippen LogP contribution in [0.3, 0.4) is 0 Å². The van der Waals surface area contributed by atoms with Crippen molar-refractivity contribution in [1.29, 1.82) is 0 Å². The number of benzene rings is 2. The number of amides is 2. The first-order chi connectivity index (χ1) is 17.0. The zero-order chi connectivity index (χ0) is 24.4. The highest BCUT2D eigenvalue weighted by Crippen LogP contribution is 2.44. The SMILES string of the molecule is O=C(O)COC1CN(C(=O)CC2CC(CNC(=O)OCC3c4ccccc4-c4ccccc43)C2)C1. The Kier molecular flexibility index (Phi) is 6.72. The average Bonchev–Trinajstić information content (AvgIpc) is 3.11. The normalized spacial score (nSPS) is 20.9. The van der Waals surface area contributed by atoms with Gasteiger partial charge in [0.2, 0.25) is 5.91 Å². The van der Waals surface area contributed by atoms with Gasteiger partial charge in [0, 0.05) is 32.0 Å². The minimum Gasteiger partial charge on any atom is -0.480 e. The molecule has 1 saturated carbocycles. The van der Waals surface area contributed by atoms with E-state index in [4.69, 9.17) is 14.6 Å². The van der Waals surface area contributed by atoms with Gasteiger partial charge in [-0.1, -0.05) is 48.5 Å². The molecule has 2 aromatic carbocycles. The number of fused-ring (bicyclic) bond motifs is 3. The van der Waals surface area contributed by atoms with Crippen LogP contribution in [-0.2, 0) is 19.1 Å². The molecule has 5 rings (SSSR count). The van der Waals surface area contributed by atoms with Crippen LogP contribution in [0.5, 0.6) is 0 Å². The van der Waals surface area contributed by atoms with E-state index in [0.717, 1.165) is 12.8 Å². The molecule has 35 heavy (non-hydrogen) atoms. The third-order valence-corrected chi connectivity index (χ3v) is 7.32. The van der Waals surface area contributed by atoms with E-state index in [2.05, 4.69) is 29.6 Å². The molecule has 2 fully saturated rings. The Balaban J connectivity index is 0.992. The third-order valence-electron chi connectivity index (χ3n) is 7.32. The summed E-state index contributed by atoms with van der Waals surface area (Å²) in [5, 5.41) is 11.5. The lowest BCUT2D eigenvalue weighted by Gasteiger charge is -2.41. The highest BCUT2D eigenvalue weighted by Gasteiger charge is 2.36. The highest BCUT2D eigenvalue weighted by atomic mass is 16.5. The van der Waals surface area contributed by atoms with Gasteiger partial charge in [0.15, 0.2) is 0 Å². The van der Waals surface area contributed by atoms with Crippen LogP contribution in [-0.4, -0.2) is 66.9 Å². The quantitative estimate of drug-likeness (QED) is 0.573.